The zero-order valence-corrected chi connectivity index (χ0v) is 10.3. The van der Waals surface area contributed by atoms with E-state index in [0.29, 0.717) is 12.1 Å². The van der Waals surface area contributed by atoms with Crippen LogP contribution in [0.2, 0.25) is 0 Å². The predicted octanol–water partition coefficient (Wildman–Crippen LogP) is 2.94. The molecule has 2 aliphatic rings. The average molecular weight is 229 g/mol. The number of hydrogen-bond acceptors (Lipinski definition) is 2. The summed E-state index contributed by atoms with van der Waals surface area (Å²) in [6, 6.07) is 11.5. The van der Waals surface area contributed by atoms with Gasteiger partial charge in [0.15, 0.2) is 5.78 Å². The summed E-state index contributed by atoms with van der Waals surface area (Å²) in [6.45, 7) is 1.73. The Morgan fingerprint density at radius 2 is 1.65 bits per heavy atom. The standard InChI is InChI=1S/C15H19NO/c1-11(17)15(12-5-3-2-4-6-12)16-13-7-8-14(16)10-9-13/h2-6,13-15H,7-10H2,1H3. The number of ketones is 1. The maximum Gasteiger partial charge on any atom is 0.151 e. The molecule has 0 spiro atoms. The van der Waals surface area contributed by atoms with Crippen LogP contribution in [0.4, 0.5) is 0 Å². The molecule has 3 rings (SSSR count). The highest BCUT2D eigenvalue weighted by Crippen LogP contribution is 2.43. The van der Waals surface area contributed by atoms with Gasteiger partial charge < -0.3 is 0 Å². The van der Waals surface area contributed by atoms with Crippen LogP contribution < -0.4 is 0 Å². The molecule has 0 amide bonds. The number of carbonyl (C=O) groups is 1. The zero-order chi connectivity index (χ0) is 11.8. The number of hydrogen-bond donors (Lipinski definition) is 0. The third kappa shape index (κ3) is 1.81. The van der Waals surface area contributed by atoms with E-state index in [2.05, 4.69) is 17.0 Å². The lowest BCUT2D eigenvalue weighted by molar-refractivity contribution is -0.123. The second-order valence-corrected chi connectivity index (χ2v) is 5.33. The lowest BCUT2D eigenvalue weighted by atomic mass is 10.0. The number of rotatable bonds is 3. The molecule has 0 radical (unpaired) electrons. The minimum atomic E-state index is -0.00352. The largest absolute Gasteiger partial charge is 0.298 e. The van der Waals surface area contributed by atoms with Crippen LogP contribution in [0.5, 0.6) is 0 Å². The van der Waals surface area contributed by atoms with Crippen LogP contribution in [0.1, 0.15) is 44.2 Å². The number of carbonyl (C=O) groups excluding carboxylic acids is 1. The van der Waals surface area contributed by atoms with E-state index in [9.17, 15) is 4.79 Å². The Balaban J connectivity index is 1.94. The van der Waals surface area contributed by atoms with Crippen molar-refractivity contribution >= 4 is 5.78 Å². The lowest BCUT2D eigenvalue weighted by Gasteiger charge is -2.30. The van der Waals surface area contributed by atoms with Crippen molar-refractivity contribution in [3.8, 4) is 0 Å². The summed E-state index contributed by atoms with van der Waals surface area (Å²) < 4.78 is 0. The van der Waals surface area contributed by atoms with Crippen molar-refractivity contribution in [3.63, 3.8) is 0 Å². The molecule has 2 heterocycles. The second kappa shape index (κ2) is 4.26. The highest BCUT2D eigenvalue weighted by molar-refractivity contribution is 5.83. The molecule has 90 valence electrons. The van der Waals surface area contributed by atoms with Crippen LogP contribution in [0.25, 0.3) is 0 Å². The minimum absolute atomic E-state index is 0.00352. The Bertz CT molecular complexity index is 394. The Kier molecular flexibility index (Phi) is 2.75. The molecule has 1 unspecified atom stereocenters. The van der Waals surface area contributed by atoms with Gasteiger partial charge in [0.1, 0.15) is 0 Å². The second-order valence-electron chi connectivity index (χ2n) is 5.33. The Morgan fingerprint density at radius 3 is 2.12 bits per heavy atom. The highest BCUT2D eigenvalue weighted by atomic mass is 16.1. The summed E-state index contributed by atoms with van der Waals surface area (Å²) in [5.41, 5.74) is 1.17. The van der Waals surface area contributed by atoms with Gasteiger partial charge in [0.25, 0.3) is 0 Å². The van der Waals surface area contributed by atoms with Crippen LogP contribution in [-0.2, 0) is 4.79 Å². The molecule has 2 fully saturated rings. The molecule has 2 heteroatoms. The van der Waals surface area contributed by atoms with Crippen LogP contribution in [0.3, 0.4) is 0 Å². The quantitative estimate of drug-likeness (QED) is 0.794. The molecule has 0 N–H and O–H groups in total. The summed E-state index contributed by atoms with van der Waals surface area (Å²) >= 11 is 0. The van der Waals surface area contributed by atoms with Gasteiger partial charge in [-0.1, -0.05) is 30.3 Å². The fourth-order valence-electron chi connectivity index (χ4n) is 3.63. The number of Topliss-reactive ketones (excluding diaryl/α,β-unsaturated/α-hetero) is 1. The molecule has 1 atom stereocenters. The van der Waals surface area contributed by atoms with Crippen LogP contribution in [-0.4, -0.2) is 22.8 Å². The number of benzene rings is 1. The van der Waals surface area contributed by atoms with E-state index in [1.165, 1.54) is 31.2 Å². The fraction of sp³-hybridized carbons (Fsp3) is 0.533. The van der Waals surface area contributed by atoms with Gasteiger partial charge in [0.2, 0.25) is 0 Å². The summed E-state index contributed by atoms with van der Waals surface area (Å²) in [4.78, 5) is 14.5. The molecule has 1 aromatic carbocycles. The van der Waals surface area contributed by atoms with Crippen LogP contribution in [0, 0.1) is 0 Å². The third-order valence-electron chi connectivity index (χ3n) is 4.31. The zero-order valence-electron chi connectivity index (χ0n) is 10.3. The summed E-state index contributed by atoms with van der Waals surface area (Å²) in [5.74, 6) is 0.287. The van der Waals surface area contributed by atoms with Gasteiger partial charge in [-0.15, -0.1) is 0 Å². The number of nitrogens with zero attached hydrogens (tertiary/aromatic N) is 1. The maximum absolute atomic E-state index is 12.0. The lowest BCUT2D eigenvalue weighted by Crippen LogP contribution is -2.36. The molecular weight excluding hydrogens is 210 g/mol. The van der Waals surface area contributed by atoms with Gasteiger partial charge in [-0.25, -0.2) is 0 Å². The van der Waals surface area contributed by atoms with Crippen molar-refractivity contribution in [2.45, 2.75) is 50.7 Å². The van der Waals surface area contributed by atoms with Gasteiger partial charge in [-0.2, -0.15) is 0 Å². The molecule has 2 nitrogen and oxygen atoms in total. The van der Waals surface area contributed by atoms with Crippen molar-refractivity contribution < 1.29 is 4.79 Å². The highest BCUT2D eigenvalue weighted by Gasteiger charge is 2.44. The molecular formula is C15H19NO. The summed E-state index contributed by atoms with van der Waals surface area (Å²) in [5, 5.41) is 0. The Labute approximate surface area is 103 Å². The van der Waals surface area contributed by atoms with E-state index in [4.69, 9.17) is 0 Å². The average Bonchev–Trinajstić information content (AvgIpc) is 2.91. The first-order chi connectivity index (χ1) is 8.27. The van der Waals surface area contributed by atoms with Gasteiger partial charge in [0.05, 0.1) is 6.04 Å². The van der Waals surface area contributed by atoms with Crippen molar-refractivity contribution in [2.24, 2.45) is 0 Å². The topological polar surface area (TPSA) is 20.3 Å². The first-order valence-electron chi connectivity index (χ1n) is 6.60. The third-order valence-corrected chi connectivity index (χ3v) is 4.31. The van der Waals surface area contributed by atoms with Gasteiger partial charge >= 0.3 is 0 Å². The number of fused-ring (bicyclic) bond motifs is 2. The van der Waals surface area contributed by atoms with E-state index in [-0.39, 0.29) is 11.8 Å². The molecule has 2 saturated heterocycles. The van der Waals surface area contributed by atoms with Gasteiger partial charge in [-0.3, -0.25) is 9.69 Å². The van der Waals surface area contributed by atoms with Crippen molar-refractivity contribution in [2.75, 3.05) is 0 Å². The Morgan fingerprint density at radius 1 is 1.12 bits per heavy atom. The van der Waals surface area contributed by atoms with Gasteiger partial charge in [0, 0.05) is 12.1 Å². The molecule has 1 aromatic rings. The van der Waals surface area contributed by atoms with Crippen molar-refractivity contribution in [3.05, 3.63) is 35.9 Å². The van der Waals surface area contributed by atoms with E-state index >= 15 is 0 Å². The molecule has 0 aromatic heterocycles. The predicted molar refractivity (Wildman–Crippen MR) is 67.7 cm³/mol. The van der Waals surface area contributed by atoms with E-state index in [1.54, 1.807) is 6.92 Å². The monoisotopic (exact) mass is 229 g/mol. The molecule has 0 aliphatic carbocycles. The molecule has 0 saturated carbocycles. The Hall–Kier alpha value is -1.15. The van der Waals surface area contributed by atoms with Gasteiger partial charge in [-0.05, 0) is 38.2 Å². The SMILES string of the molecule is CC(=O)C(c1ccccc1)N1C2CCC1CC2. The van der Waals surface area contributed by atoms with Crippen molar-refractivity contribution in [1.29, 1.82) is 0 Å². The van der Waals surface area contributed by atoms with Crippen LogP contribution >= 0.6 is 0 Å². The molecule has 2 aliphatic heterocycles. The summed E-state index contributed by atoms with van der Waals surface area (Å²) in [7, 11) is 0. The maximum atomic E-state index is 12.0. The smallest absolute Gasteiger partial charge is 0.151 e. The fourth-order valence-corrected chi connectivity index (χ4v) is 3.63. The molecule has 17 heavy (non-hydrogen) atoms. The normalized spacial score (nSPS) is 29.5. The van der Waals surface area contributed by atoms with E-state index < -0.39 is 0 Å². The first kappa shape index (κ1) is 11.0. The van der Waals surface area contributed by atoms with E-state index in [0.717, 1.165) is 0 Å². The first-order valence-corrected chi connectivity index (χ1v) is 6.60. The van der Waals surface area contributed by atoms with Crippen LogP contribution in [0.15, 0.2) is 30.3 Å². The molecule has 2 bridgehead atoms. The van der Waals surface area contributed by atoms with Crippen molar-refractivity contribution in [1.82, 2.24) is 4.90 Å². The minimum Gasteiger partial charge on any atom is -0.298 e. The summed E-state index contributed by atoms with van der Waals surface area (Å²) in [6.07, 6.45) is 5.12. The van der Waals surface area contributed by atoms with E-state index in [1.807, 2.05) is 18.2 Å².